The minimum atomic E-state index is -0.644. The second-order valence-electron chi connectivity index (χ2n) is 4.80. The number of carbonyl (C=O) groups is 1. The van der Waals surface area contributed by atoms with E-state index < -0.39 is 17.3 Å². The van der Waals surface area contributed by atoms with Gasteiger partial charge in [0.2, 0.25) is 0 Å². The fourth-order valence-electron chi connectivity index (χ4n) is 2.19. The van der Waals surface area contributed by atoms with Gasteiger partial charge in [-0.1, -0.05) is 0 Å². The van der Waals surface area contributed by atoms with Crippen molar-refractivity contribution < 1.29 is 18.3 Å². The molecule has 0 fully saturated rings. The van der Waals surface area contributed by atoms with Crippen LogP contribution in [0.3, 0.4) is 0 Å². The summed E-state index contributed by atoms with van der Waals surface area (Å²) in [6, 6.07) is 11.3. The third-order valence-corrected chi connectivity index (χ3v) is 3.30. The Morgan fingerprint density at radius 3 is 2.57 bits per heavy atom. The first-order chi connectivity index (χ1) is 11.1. The van der Waals surface area contributed by atoms with Crippen LogP contribution in [0.2, 0.25) is 0 Å². The highest BCUT2D eigenvalue weighted by atomic mass is 19.1. The van der Waals surface area contributed by atoms with Crippen molar-refractivity contribution in [1.82, 2.24) is 0 Å². The molecule has 0 radical (unpaired) electrons. The van der Waals surface area contributed by atoms with Crippen molar-refractivity contribution in [2.45, 2.75) is 0 Å². The molecule has 0 spiro atoms. The number of ether oxygens (including phenoxy) is 1. The van der Waals surface area contributed by atoms with E-state index in [2.05, 4.69) is 5.32 Å². The molecule has 0 aliphatic rings. The summed E-state index contributed by atoms with van der Waals surface area (Å²) in [4.78, 5) is 24.1. The van der Waals surface area contributed by atoms with Crippen molar-refractivity contribution in [1.29, 1.82) is 0 Å². The lowest BCUT2D eigenvalue weighted by Crippen LogP contribution is -2.15. The minimum Gasteiger partial charge on any atom is -0.497 e. The lowest BCUT2D eigenvalue weighted by atomic mass is 10.1. The largest absolute Gasteiger partial charge is 0.497 e. The number of benzene rings is 2. The molecule has 0 saturated heterocycles. The van der Waals surface area contributed by atoms with Gasteiger partial charge in [0.05, 0.1) is 12.7 Å². The van der Waals surface area contributed by atoms with Gasteiger partial charge in [-0.3, -0.25) is 4.79 Å². The van der Waals surface area contributed by atoms with E-state index in [0.29, 0.717) is 16.8 Å². The van der Waals surface area contributed by atoms with Crippen LogP contribution in [-0.2, 0) is 0 Å². The molecule has 1 N–H and O–H groups in total. The standard InChI is InChI=1S/C17H12FNO4/c1-22-12-6-7-13-14(9-16(20)23-15(13)8-12)17(21)19-11-4-2-10(18)3-5-11/h2-9H,1H3,(H,19,21). The number of carbonyl (C=O) groups excluding carboxylic acids is 1. The van der Waals surface area contributed by atoms with E-state index in [4.69, 9.17) is 9.15 Å². The monoisotopic (exact) mass is 313 g/mol. The topological polar surface area (TPSA) is 68.5 Å². The number of nitrogens with one attached hydrogen (secondary N) is 1. The molecule has 0 unspecified atom stereocenters. The molecule has 116 valence electrons. The number of methoxy groups -OCH3 is 1. The van der Waals surface area contributed by atoms with E-state index in [1.807, 2.05) is 0 Å². The predicted octanol–water partition coefficient (Wildman–Crippen LogP) is 3.19. The number of halogens is 1. The van der Waals surface area contributed by atoms with Crippen LogP contribution < -0.4 is 15.7 Å². The van der Waals surface area contributed by atoms with Gasteiger partial charge < -0.3 is 14.5 Å². The lowest BCUT2D eigenvalue weighted by Gasteiger charge is -2.08. The molecule has 3 aromatic rings. The summed E-state index contributed by atoms with van der Waals surface area (Å²) in [6.45, 7) is 0. The van der Waals surface area contributed by atoms with Gasteiger partial charge in [0.1, 0.15) is 17.1 Å². The highest BCUT2D eigenvalue weighted by molar-refractivity contribution is 6.12. The van der Waals surface area contributed by atoms with Crippen LogP contribution >= 0.6 is 0 Å². The van der Waals surface area contributed by atoms with Crippen molar-refractivity contribution in [2.24, 2.45) is 0 Å². The Kier molecular flexibility index (Phi) is 3.80. The number of rotatable bonds is 3. The fourth-order valence-corrected chi connectivity index (χ4v) is 2.19. The van der Waals surface area contributed by atoms with Gasteiger partial charge in [-0.05, 0) is 36.4 Å². The van der Waals surface area contributed by atoms with Crippen molar-refractivity contribution in [2.75, 3.05) is 12.4 Å². The van der Waals surface area contributed by atoms with Crippen LogP contribution in [0.15, 0.2) is 57.7 Å². The predicted molar refractivity (Wildman–Crippen MR) is 83.4 cm³/mol. The SMILES string of the molecule is COc1ccc2c(C(=O)Nc3ccc(F)cc3)cc(=O)oc2c1. The van der Waals surface area contributed by atoms with E-state index >= 15 is 0 Å². The molecule has 3 rings (SSSR count). The molecule has 23 heavy (non-hydrogen) atoms. The Balaban J connectivity index is 2.02. The molecule has 1 heterocycles. The average molecular weight is 313 g/mol. The van der Waals surface area contributed by atoms with Gasteiger partial charge >= 0.3 is 5.63 Å². The highest BCUT2D eigenvalue weighted by Crippen LogP contribution is 2.23. The van der Waals surface area contributed by atoms with Gasteiger partial charge in [0.15, 0.2) is 0 Å². The van der Waals surface area contributed by atoms with Gasteiger partial charge in [-0.25, -0.2) is 9.18 Å². The quantitative estimate of drug-likeness (QED) is 0.754. The zero-order valence-corrected chi connectivity index (χ0v) is 12.1. The van der Waals surface area contributed by atoms with Crippen molar-refractivity contribution in [3.8, 4) is 5.75 Å². The van der Waals surface area contributed by atoms with E-state index in [0.717, 1.165) is 6.07 Å². The van der Waals surface area contributed by atoms with Gasteiger partial charge in [-0.15, -0.1) is 0 Å². The van der Waals surface area contributed by atoms with Gasteiger partial charge in [0, 0.05) is 23.2 Å². The average Bonchev–Trinajstić information content (AvgIpc) is 2.55. The molecular weight excluding hydrogens is 301 g/mol. The van der Waals surface area contributed by atoms with Crippen molar-refractivity contribution in [3.05, 3.63) is 70.3 Å². The van der Waals surface area contributed by atoms with Crippen LogP contribution in [-0.4, -0.2) is 13.0 Å². The van der Waals surface area contributed by atoms with Crippen molar-refractivity contribution >= 4 is 22.6 Å². The summed E-state index contributed by atoms with van der Waals surface area (Å²) in [5.41, 5.74) is 0.200. The smallest absolute Gasteiger partial charge is 0.337 e. The minimum absolute atomic E-state index is 0.170. The molecule has 6 heteroatoms. The molecule has 0 aliphatic heterocycles. The van der Waals surface area contributed by atoms with Crippen LogP contribution in [0, 0.1) is 5.82 Å². The van der Waals surface area contributed by atoms with E-state index in [9.17, 15) is 14.0 Å². The zero-order chi connectivity index (χ0) is 16.4. The Bertz CT molecular complexity index is 931. The third-order valence-electron chi connectivity index (χ3n) is 3.30. The molecule has 5 nitrogen and oxygen atoms in total. The number of fused-ring (bicyclic) bond motifs is 1. The summed E-state index contributed by atoms with van der Waals surface area (Å²) in [5, 5.41) is 3.09. The number of hydrogen-bond acceptors (Lipinski definition) is 4. The van der Waals surface area contributed by atoms with Crippen LogP contribution in [0.4, 0.5) is 10.1 Å². The highest BCUT2D eigenvalue weighted by Gasteiger charge is 2.14. The van der Waals surface area contributed by atoms with Crippen LogP contribution in [0.5, 0.6) is 5.75 Å². The first kappa shape index (κ1) is 14.8. The summed E-state index contributed by atoms with van der Waals surface area (Å²) >= 11 is 0. The first-order valence-corrected chi connectivity index (χ1v) is 6.75. The van der Waals surface area contributed by atoms with Gasteiger partial charge in [0.25, 0.3) is 5.91 Å². The van der Waals surface area contributed by atoms with Crippen molar-refractivity contribution in [3.63, 3.8) is 0 Å². The molecule has 1 aromatic heterocycles. The Morgan fingerprint density at radius 1 is 1.13 bits per heavy atom. The number of hydrogen-bond donors (Lipinski definition) is 1. The van der Waals surface area contributed by atoms with Crippen LogP contribution in [0.25, 0.3) is 11.0 Å². The second-order valence-corrected chi connectivity index (χ2v) is 4.80. The summed E-state index contributed by atoms with van der Waals surface area (Å²) < 4.78 is 23.1. The maximum Gasteiger partial charge on any atom is 0.337 e. The molecule has 0 aliphatic carbocycles. The zero-order valence-electron chi connectivity index (χ0n) is 12.1. The Hall–Kier alpha value is -3.15. The normalized spacial score (nSPS) is 10.5. The maximum absolute atomic E-state index is 12.9. The van der Waals surface area contributed by atoms with E-state index in [1.165, 1.54) is 37.4 Å². The molecule has 0 atom stereocenters. The third kappa shape index (κ3) is 3.06. The lowest BCUT2D eigenvalue weighted by molar-refractivity contribution is 0.102. The molecular formula is C17H12FNO4. The maximum atomic E-state index is 12.9. The molecule has 2 aromatic carbocycles. The van der Waals surface area contributed by atoms with E-state index in [-0.39, 0.29) is 11.1 Å². The Morgan fingerprint density at radius 2 is 1.87 bits per heavy atom. The summed E-state index contributed by atoms with van der Waals surface area (Å²) in [5.74, 6) is -0.377. The number of amides is 1. The summed E-state index contributed by atoms with van der Waals surface area (Å²) in [7, 11) is 1.49. The fraction of sp³-hybridized carbons (Fsp3) is 0.0588. The molecule has 0 saturated carbocycles. The Labute approximate surface area is 130 Å². The number of anilines is 1. The first-order valence-electron chi connectivity index (χ1n) is 6.75. The summed E-state index contributed by atoms with van der Waals surface area (Å²) in [6.07, 6.45) is 0. The van der Waals surface area contributed by atoms with E-state index in [1.54, 1.807) is 12.1 Å². The molecule has 1 amide bonds. The van der Waals surface area contributed by atoms with Crippen LogP contribution in [0.1, 0.15) is 10.4 Å². The second kappa shape index (κ2) is 5.92. The van der Waals surface area contributed by atoms with Gasteiger partial charge in [-0.2, -0.15) is 0 Å². The molecule has 0 bridgehead atoms.